The van der Waals surface area contributed by atoms with E-state index in [-0.39, 0.29) is 5.63 Å². The molecule has 0 unspecified atom stereocenters. The molecule has 2 aromatic carbocycles. The van der Waals surface area contributed by atoms with Crippen LogP contribution in [0.5, 0.6) is 0 Å². The lowest BCUT2D eigenvalue weighted by atomic mass is 10.1. The zero-order valence-electron chi connectivity index (χ0n) is 12.8. The maximum Gasteiger partial charge on any atom is 0.336 e. The average molecular weight is 401 g/mol. The minimum atomic E-state index is -0.332. The Morgan fingerprint density at radius 1 is 1.21 bits per heavy atom. The lowest BCUT2D eigenvalue weighted by Crippen LogP contribution is -2.00. The fraction of sp³-hybridized carbons (Fsp3) is 0.111. The van der Waals surface area contributed by atoms with Gasteiger partial charge in [-0.25, -0.2) is 9.78 Å². The van der Waals surface area contributed by atoms with Gasteiger partial charge in [0.25, 0.3) is 0 Å². The van der Waals surface area contributed by atoms with Crippen molar-refractivity contribution in [2.75, 3.05) is 0 Å². The van der Waals surface area contributed by atoms with Crippen LogP contribution in [0.4, 0.5) is 0 Å². The maximum atomic E-state index is 11.8. The Morgan fingerprint density at radius 3 is 2.88 bits per heavy atom. The third-order valence-corrected chi connectivity index (χ3v) is 5.47. The third-order valence-electron chi connectivity index (χ3n) is 3.90. The first-order valence-electron chi connectivity index (χ1n) is 7.38. The minimum absolute atomic E-state index is 0.332. The summed E-state index contributed by atoms with van der Waals surface area (Å²) in [5.74, 6) is 0.654. The molecule has 0 atom stereocenters. The second-order valence-electron chi connectivity index (χ2n) is 5.46. The van der Waals surface area contributed by atoms with E-state index in [1.54, 1.807) is 17.8 Å². The van der Waals surface area contributed by atoms with Crippen LogP contribution >= 0.6 is 27.7 Å². The zero-order valence-corrected chi connectivity index (χ0v) is 15.2. The summed E-state index contributed by atoms with van der Waals surface area (Å²) in [6, 6.07) is 15.3. The fourth-order valence-electron chi connectivity index (χ4n) is 2.72. The molecule has 0 fully saturated rings. The van der Waals surface area contributed by atoms with Crippen LogP contribution in [0, 0.1) is 0 Å². The van der Waals surface area contributed by atoms with Crippen LogP contribution in [0.25, 0.3) is 22.0 Å². The molecule has 24 heavy (non-hydrogen) atoms. The Hall–Kier alpha value is -2.05. The molecule has 0 aliphatic heterocycles. The quantitative estimate of drug-likeness (QED) is 0.368. The summed E-state index contributed by atoms with van der Waals surface area (Å²) >= 11 is 5.02. The molecule has 2 aromatic heterocycles. The molecule has 4 rings (SSSR count). The van der Waals surface area contributed by atoms with E-state index in [1.165, 1.54) is 0 Å². The molecule has 0 saturated heterocycles. The van der Waals surface area contributed by atoms with E-state index in [2.05, 4.69) is 31.5 Å². The molecule has 0 amide bonds. The molecule has 4 aromatic rings. The standard InChI is InChI=1S/C18H13BrN2O2S/c1-21-15-5-3-2-4-14(15)20-18(21)24-10-11-8-17(22)23-16-9-12(19)6-7-13(11)16/h2-9H,10H2,1H3. The summed E-state index contributed by atoms with van der Waals surface area (Å²) in [6.07, 6.45) is 0. The van der Waals surface area contributed by atoms with E-state index in [0.717, 1.165) is 31.6 Å². The van der Waals surface area contributed by atoms with E-state index in [1.807, 2.05) is 43.4 Å². The number of hydrogen-bond donors (Lipinski definition) is 0. The molecule has 2 heterocycles. The zero-order chi connectivity index (χ0) is 16.7. The van der Waals surface area contributed by atoms with Crippen molar-refractivity contribution in [3.8, 4) is 0 Å². The molecule has 0 saturated carbocycles. The summed E-state index contributed by atoms with van der Waals surface area (Å²) in [7, 11) is 2.01. The van der Waals surface area contributed by atoms with Gasteiger partial charge in [0.2, 0.25) is 0 Å². The second kappa shape index (κ2) is 6.11. The van der Waals surface area contributed by atoms with Crippen molar-refractivity contribution in [1.82, 2.24) is 9.55 Å². The normalized spacial score (nSPS) is 11.4. The van der Waals surface area contributed by atoms with Gasteiger partial charge in [-0.15, -0.1) is 0 Å². The van der Waals surface area contributed by atoms with Gasteiger partial charge in [0.05, 0.1) is 11.0 Å². The SMILES string of the molecule is Cn1c(SCc2cc(=O)oc3cc(Br)ccc23)nc2ccccc21. The number of halogens is 1. The first-order chi connectivity index (χ1) is 11.6. The van der Waals surface area contributed by atoms with E-state index in [4.69, 9.17) is 4.42 Å². The maximum absolute atomic E-state index is 11.8. The topological polar surface area (TPSA) is 48.0 Å². The van der Waals surface area contributed by atoms with Gasteiger partial charge in [-0.05, 0) is 35.9 Å². The molecule has 0 bridgehead atoms. The van der Waals surface area contributed by atoms with Crippen molar-refractivity contribution < 1.29 is 4.42 Å². The molecule has 120 valence electrons. The van der Waals surface area contributed by atoms with Crippen LogP contribution in [0.1, 0.15) is 5.56 Å². The van der Waals surface area contributed by atoms with Gasteiger partial charge in [0.15, 0.2) is 5.16 Å². The number of fused-ring (bicyclic) bond motifs is 2. The first-order valence-corrected chi connectivity index (χ1v) is 9.16. The van der Waals surface area contributed by atoms with Crippen LogP contribution in [0.2, 0.25) is 0 Å². The van der Waals surface area contributed by atoms with Gasteiger partial charge in [0, 0.05) is 28.7 Å². The van der Waals surface area contributed by atoms with Crippen LogP contribution < -0.4 is 5.63 Å². The Balaban J connectivity index is 1.71. The predicted molar refractivity (Wildman–Crippen MR) is 100 cm³/mol. The molecular weight excluding hydrogens is 388 g/mol. The number of benzene rings is 2. The highest BCUT2D eigenvalue weighted by Crippen LogP contribution is 2.29. The number of aryl methyl sites for hydroxylation is 1. The highest BCUT2D eigenvalue weighted by atomic mass is 79.9. The van der Waals surface area contributed by atoms with E-state index in [9.17, 15) is 4.79 Å². The van der Waals surface area contributed by atoms with Crippen LogP contribution in [-0.2, 0) is 12.8 Å². The summed E-state index contributed by atoms with van der Waals surface area (Å²) < 4.78 is 8.25. The highest BCUT2D eigenvalue weighted by Gasteiger charge is 2.11. The summed E-state index contributed by atoms with van der Waals surface area (Å²) in [6.45, 7) is 0. The molecule has 0 spiro atoms. The van der Waals surface area contributed by atoms with Crippen LogP contribution in [0.3, 0.4) is 0 Å². The van der Waals surface area contributed by atoms with Crippen molar-refractivity contribution in [3.63, 3.8) is 0 Å². The largest absolute Gasteiger partial charge is 0.423 e. The molecule has 0 radical (unpaired) electrons. The number of hydrogen-bond acceptors (Lipinski definition) is 4. The number of thioether (sulfide) groups is 1. The van der Waals surface area contributed by atoms with Gasteiger partial charge in [-0.3, -0.25) is 0 Å². The monoisotopic (exact) mass is 400 g/mol. The van der Waals surface area contributed by atoms with Gasteiger partial charge < -0.3 is 8.98 Å². The lowest BCUT2D eigenvalue weighted by Gasteiger charge is -2.06. The van der Waals surface area contributed by atoms with Gasteiger partial charge in [-0.2, -0.15) is 0 Å². The Bertz CT molecular complexity index is 1120. The molecule has 0 N–H and O–H groups in total. The predicted octanol–water partition coefficient (Wildman–Crippen LogP) is 4.73. The Kier molecular flexibility index (Phi) is 3.94. The minimum Gasteiger partial charge on any atom is -0.423 e. The van der Waals surface area contributed by atoms with Crippen LogP contribution in [0.15, 0.2) is 67.4 Å². The number of nitrogens with zero attached hydrogens (tertiary/aromatic N) is 2. The number of rotatable bonds is 3. The molecule has 0 aliphatic rings. The van der Waals surface area contributed by atoms with E-state index < -0.39 is 0 Å². The van der Waals surface area contributed by atoms with Crippen molar-refractivity contribution in [2.45, 2.75) is 10.9 Å². The van der Waals surface area contributed by atoms with Crippen LogP contribution in [-0.4, -0.2) is 9.55 Å². The van der Waals surface area contributed by atoms with Gasteiger partial charge >= 0.3 is 5.63 Å². The molecule has 4 nitrogen and oxygen atoms in total. The summed E-state index contributed by atoms with van der Waals surface area (Å²) in [5, 5.41) is 1.87. The average Bonchev–Trinajstić information content (AvgIpc) is 2.88. The Labute approximate surface area is 150 Å². The lowest BCUT2D eigenvalue weighted by molar-refractivity contribution is 0.559. The molecule has 0 aliphatic carbocycles. The van der Waals surface area contributed by atoms with Gasteiger partial charge in [0.1, 0.15) is 5.58 Å². The smallest absolute Gasteiger partial charge is 0.336 e. The van der Waals surface area contributed by atoms with Gasteiger partial charge in [-0.1, -0.05) is 39.8 Å². The summed E-state index contributed by atoms with van der Waals surface area (Å²) in [4.78, 5) is 16.5. The second-order valence-corrected chi connectivity index (χ2v) is 7.32. The van der Waals surface area contributed by atoms with Crippen molar-refractivity contribution in [3.05, 3.63) is 69.0 Å². The van der Waals surface area contributed by atoms with Crippen molar-refractivity contribution in [2.24, 2.45) is 7.05 Å². The van der Waals surface area contributed by atoms with E-state index >= 15 is 0 Å². The van der Waals surface area contributed by atoms with E-state index in [0.29, 0.717) is 11.3 Å². The van der Waals surface area contributed by atoms with Crippen molar-refractivity contribution >= 4 is 49.7 Å². The van der Waals surface area contributed by atoms with Crippen molar-refractivity contribution in [1.29, 1.82) is 0 Å². The Morgan fingerprint density at radius 2 is 2.04 bits per heavy atom. The molecule has 6 heteroatoms. The summed E-state index contributed by atoms with van der Waals surface area (Å²) in [5.41, 5.74) is 3.29. The highest BCUT2D eigenvalue weighted by molar-refractivity contribution is 9.10. The number of para-hydroxylation sites is 2. The fourth-order valence-corrected chi connectivity index (χ4v) is 4.04. The third kappa shape index (κ3) is 2.76. The molecular formula is C18H13BrN2O2S. The first kappa shape index (κ1) is 15.5. The number of aromatic nitrogens is 2. The number of imidazole rings is 1.